The van der Waals surface area contributed by atoms with Gasteiger partial charge in [0.05, 0.1) is 36.6 Å². The quantitative estimate of drug-likeness (QED) is 0.683. The van der Waals surface area contributed by atoms with Gasteiger partial charge >= 0.3 is 0 Å². The van der Waals surface area contributed by atoms with E-state index >= 15 is 0 Å². The molecule has 2 aromatic rings. The molecule has 8 heteroatoms. The number of carbonyl (C=O) groups is 1. The van der Waals surface area contributed by atoms with Crippen molar-refractivity contribution in [3.05, 3.63) is 17.1 Å². The monoisotopic (exact) mass is 378 g/mol. The van der Waals surface area contributed by atoms with Gasteiger partial charge in [-0.05, 0) is 31.7 Å². The Labute approximate surface area is 157 Å². The summed E-state index contributed by atoms with van der Waals surface area (Å²) >= 11 is 1.26. The summed E-state index contributed by atoms with van der Waals surface area (Å²) in [5.74, 6) is -0.0419. The topological polar surface area (TPSA) is 104 Å². The third-order valence-corrected chi connectivity index (χ3v) is 5.75. The van der Waals surface area contributed by atoms with Crippen LogP contribution in [-0.4, -0.2) is 50.4 Å². The third kappa shape index (κ3) is 4.08. The molecule has 1 fully saturated rings. The number of nitrogens with two attached hydrogens (primary N) is 2. The standard InChI is InChI=1S/C18H26N4O3S/c1-2-24-8-9-25-11-12-4-3-7-22(10-12)13-5-6-21-18-14(13)15(19)16(26-18)17(20)23/h5-6,12H,2-4,7-11,19H2,1H3,(H2,20,23)/t12-/m0/s1. The number of ether oxygens (including phenoxy) is 2. The minimum Gasteiger partial charge on any atom is -0.397 e. The number of aromatic nitrogens is 1. The average molecular weight is 378 g/mol. The predicted octanol–water partition coefficient (Wildman–Crippen LogP) is 2.25. The van der Waals surface area contributed by atoms with Crippen LogP contribution in [0.3, 0.4) is 0 Å². The molecule has 0 spiro atoms. The highest BCUT2D eigenvalue weighted by Gasteiger charge is 2.24. The fraction of sp³-hybridized carbons (Fsp3) is 0.556. The Bertz CT molecular complexity index is 764. The minimum atomic E-state index is -0.504. The Morgan fingerprint density at radius 3 is 3.00 bits per heavy atom. The highest BCUT2D eigenvalue weighted by molar-refractivity contribution is 7.21. The molecule has 3 heterocycles. The van der Waals surface area contributed by atoms with Crippen LogP contribution in [0.4, 0.5) is 11.4 Å². The van der Waals surface area contributed by atoms with Crippen LogP contribution in [0, 0.1) is 5.92 Å². The second-order valence-electron chi connectivity index (χ2n) is 6.45. The number of hydrogen-bond acceptors (Lipinski definition) is 7. The van der Waals surface area contributed by atoms with E-state index in [0.717, 1.165) is 48.4 Å². The van der Waals surface area contributed by atoms with Crippen molar-refractivity contribution in [3.8, 4) is 0 Å². The highest BCUT2D eigenvalue weighted by atomic mass is 32.1. The first kappa shape index (κ1) is 18.9. The van der Waals surface area contributed by atoms with Gasteiger partial charge in [-0.2, -0.15) is 0 Å². The molecular formula is C18H26N4O3S. The van der Waals surface area contributed by atoms with Crippen LogP contribution in [0.25, 0.3) is 10.2 Å². The van der Waals surface area contributed by atoms with Crippen molar-refractivity contribution in [3.63, 3.8) is 0 Å². The predicted molar refractivity (Wildman–Crippen MR) is 105 cm³/mol. The molecule has 0 radical (unpaired) electrons. The van der Waals surface area contributed by atoms with Crippen molar-refractivity contribution in [2.45, 2.75) is 19.8 Å². The summed E-state index contributed by atoms with van der Waals surface area (Å²) in [5, 5.41) is 0.837. The number of primary amides is 1. The van der Waals surface area contributed by atoms with E-state index in [0.29, 0.717) is 36.3 Å². The van der Waals surface area contributed by atoms with Crippen molar-refractivity contribution in [2.75, 3.05) is 50.2 Å². The van der Waals surface area contributed by atoms with Gasteiger partial charge in [0.1, 0.15) is 9.71 Å². The lowest BCUT2D eigenvalue weighted by molar-refractivity contribution is 0.0352. The Hall–Kier alpha value is -1.90. The Morgan fingerprint density at radius 1 is 1.42 bits per heavy atom. The van der Waals surface area contributed by atoms with Crippen LogP contribution < -0.4 is 16.4 Å². The Balaban J connectivity index is 1.73. The lowest BCUT2D eigenvalue weighted by Crippen LogP contribution is -2.37. The molecule has 1 aliphatic rings. The number of amides is 1. The molecule has 3 rings (SSSR count). The number of fused-ring (bicyclic) bond motifs is 1. The SMILES string of the molecule is CCOCCOC[C@H]1CCCN(c2ccnc3sc(C(N)=O)c(N)c23)C1. The maximum atomic E-state index is 11.6. The molecular weight excluding hydrogens is 352 g/mol. The molecule has 0 aromatic carbocycles. The molecule has 0 unspecified atom stereocenters. The van der Waals surface area contributed by atoms with E-state index in [4.69, 9.17) is 20.9 Å². The van der Waals surface area contributed by atoms with Gasteiger partial charge in [0.25, 0.3) is 5.91 Å². The highest BCUT2D eigenvalue weighted by Crippen LogP contribution is 2.39. The van der Waals surface area contributed by atoms with Crippen molar-refractivity contribution in [2.24, 2.45) is 11.7 Å². The molecule has 142 valence electrons. The van der Waals surface area contributed by atoms with Crippen LogP contribution in [0.1, 0.15) is 29.4 Å². The summed E-state index contributed by atoms with van der Waals surface area (Å²) in [5.41, 5.74) is 13.1. The van der Waals surface area contributed by atoms with E-state index in [2.05, 4.69) is 9.88 Å². The molecule has 2 aromatic heterocycles. The van der Waals surface area contributed by atoms with E-state index in [1.165, 1.54) is 11.3 Å². The molecule has 4 N–H and O–H groups in total. The summed E-state index contributed by atoms with van der Waals surface area (Å²) in [6, 6.07) is 1.97. The molecule has 0 saturated carbocycles. The number of carbonyl (C=O) groups excluding carboxylic acids is 1. The van der Waals surface area contributed by atoms with Gasteiger partial charge in [-0.25, -0.2) is 4.98 Å². The fourth-order valence-corrected chi connectivity index (χ4v) is 4.34. The second-order valence-corrected chi connectivity index (χ2v) is 7.44. The zero-order valence-corrected chi connectivity index (χ0v) is 15.9. The number of piperidine rings is 1. The smallest absolute Gasteiger partial charge is 0.260 e. The summed E-state index contributed by atoms with van der Waals surface area (Å²) < 4.78 is 11.1. The van der Waals surface area contributed by atoms with Gasteiger partial charge in [-0.15, -0.1) is 11.3 Å². The van der Waals surface area contributed by atoms with Gasteiger partial charge in [0.15, 0.2) is 0 Å². The third-order valence-electron chi connectivity index (χ3n) is 4.62. The Morgan fingerprint density at radius 2 is 2.23 bits per heavy atom. The first-order valence-electron chi connectivity index (χ1n) is 8.99. The molecule has 1 saturated heterocycles. The number of anilines is 2. The van der Waals surface area contributed by atoms with Crippen molar-refractivity contribution < 1.29 is 14.3 Å². The van der Waals surface area contributed by atoms with Crippen molar-refractivity contribution in [1.29, 1.82) is 0 Å². The largest absolute Gasteiger partial charge is 0.397 e. The Kier molecular flexibility index (Phi) is 6.29. The number of hydrogen-bond donors (Lipinski definition) is 2. The summed E-state index contributed by atoms with van der Waals surface area (Å²) in [7, 11) is 0. The van der Waals surface area contributed by atoms with Crippen molar-refractivity contribution in [1.82, 2.24) is 4.98 Å². The van der Waals surface area contributed by atoms with Crippen molar-refractivity contribution >= 4 is 38.8 Å². The van der Waals surface area contributed by atoms with Gasteiger partial charge in [-0.1, -0.05) is 0 Å². The van der Waals surface area contributed by atoms with Gasteiger partial charge in [-0.3, -0.25) is 4.79 Å². The zero-order chi connectivity index (χ0) is 18.5. The molecule has 0 aliphatic carbocycles. The number of nitrogens with zero attached hydrogens (tertiary/aromatic N) is 2. The first-order chi connectivity index (χ1) is 12.6. The van der Waals surface area contributed by atoms with Crippen LogP contribution in [-0.2, 0) is 9.47 Å². The van der Waals surface area contributed by atoms with E-state index in [1.807, 2.05) is 13.0 Å². The summed E-state index contributed by atoms with van der Waals surface area (Å²) in [4.78, 5) is 19.4. The van der Waals surface area contributed by atoms with Gasteiger partial charge in [0.2, 0.25) is 0 Å². The molecule has 0 bridgehead atoms. The van der Waals surface area contributed by atoms with E-state index < -0.39 is 5.91 Å². The molecule has 7 nitrogen and oxygen atoms in total. The molecule has 1 aliphatic heterocycles. The average Bonchev–Trinajstić information content (AvgIpc) is 2.99. The maximum Gasteiger partial charge on any atom is 0.260 e. The number of thiophene rings is 1. The second kappa shape index (κ2) is 8.66. The normalized spacial score (nSPS) is 17.7. The lowest BCUT2D eigenvalue weighted by atomic mass is 9.98. The molecule has 1 atom stereocenters. The molecule has 1 amide bonds. The van der Waals surface area contributed by atoms with Gasteiger partial charge in [0, 0.05) is 25.9 Å². The lowest BCUT2D eigenvalue weighted by Gasteiger charge is -2.34. The van der Waals surface area contributed by atoms with Crippen LogP contribution >= 0.6 is 11.3 Å². The summed E-state index contributed by atoms with van der Waals surface area (Å²) in [6.45, 7) is 6.54. The van der Waals surface area contributed by atoms with E-state index in [9.17, 15) is 4.79 Å². The number of nitrogen functional groups attached to an aromatic ring is 1. The van der Waals surface area contributed by atoms with Gasteiger partial charge < -0.3 is 25.8 Å². The molecule has 26 heavy (non-hydrogen) atoms. The van der Waals surface area contributed by atoms with E-state index in [-0.39, 0.29) is 0 Å². The number of rotatable bonds is 8. The van der Waals surface area contributed by atoms with Crippen LogP contribution in [0.5, 0.6) is 0 Å². The van der Waals surface area contributed by atoms with Crippen LogP contribution in [0.2, 0.25) is 0 Å². The maximum absolute atomic E-state index is 11.6. The first-order valence-corrected chi connectivity index (χ1v) is 9.80. The van der Waals surface area contributed by atoms with Crippen LogP contribution in [0.15, 0.2) is 12.3 Å². The zero-order valence-electron chi connectivity index (χ0n) is 15.1. The van der Waals surface area contributed by atoms with E-state index in [1.54, 1.807) is 6.20 Å². The minimum absolute atomic E-state index is 0.382. The summed E-state index contributed by atoms with van der Waals surface area (Å²) in [6.07, 6.45) is 4.00. The fourth-order valence-electron chi connectivity index (χ4n) is 3.41. The number of pyridine rings is 1.